The number of benzene rings is 2. The van der Waals surface area contributed by atoms with E-state index in [1.54, 1.807) is 24.3 Å². The summed E-state index contributed by atoms with van der Waals surface area (Å²) in [4.78, 5) is 13.7. The highest BCUT2D eigenvalue weighted by Crippen LogP contribution is 2.30. The summed E-state index contributed by atoms with van der Waals surface area (Å²) in [6.45, 7) is 0.151. The second kappa shape index (κ2) is 4.77. The Kier molecular flexibility index (Phi) is 3.08. The molecular formula is C15H15NO4. The second-order valence-corrected chi connectivity index (χ2v) is 5.03. The number of aliphatic hydroxyl groups excluding tert-OH is 2. The summed E-state index contributed by atoms with van der Waals surface area (Å²) in [5.41, 5.74) is 0.185. The number of fused-ring (bicyclic) bond motifs is 1. The topological polar surface area (TPSA) is 81.0 Å². The third-order valence-electron chi connectivity index (χ3n) is 3.68. The first-order valence-electron chi connectivity index (χ1n) is 6.44. The highest BCUT2D eigenvalue weighted by molar-refractivity contribution is 6.03. The van der Waals surface area contributed by atoms with Crippen LogP contribution in [0.2, 0.25) is 0 Å². The minimum Gasteiger partial charge on any atom is -0.506 e. The first-order valence-corrected chi connectivity index (χ1v) is 6.44. The zero-order valence-electron chi connectivity index (χ0n) is 10.7. The van der Waals surface area contributed by atoms with Crippen LogP contribution in [0.25, 0.3) is 10.8 Å². The number of amides is 1. The Morgan fingerprint density at radius 2 is 1.70 bits per heavy atom. The number of phenols is 1. The lowest BCUT2D eigenvalue weighted by Gasteiger charge is -2.16. The molecule has 1 aliphatic heterocycles. The van der Waals surface area contributed by atoms with Gasteiger partial charge in [0.25, 0.3) is 5.91 Å². The lowest BCUT2D eigenvalue weighted by Crippen LogP contribution is -2.29. The number of aliphatic hydroxyl groups is 2. The van der Waals surface area contributed by atoms with Crippen molar-refractivity contribution in [2.75, 3.05) is 13.1 Å². The minimum absolute atomic E-state index is 0.0658. The largest absolute Gasteiger partial charge is 0.506 e. The van der Waals surface area contributed by atoms with E-state index >= 15 is 0 Å². The molecule has 20 heavy (non-hydrogen) atoms. The predicted molar refractivity (Wildman–Crippen MR) is 73.5 cm³/mol. The Morgan fingerprint density at radius 3 is 2.40 bits per heavy atom. The molecule has 104 valence electrons. The zero-order chi connectivity index (χ0) is 14.3. The number of carbonyl (C=O) groups is 1. The fraction of sp³-hybridized carbons (Fsp3) is 0.267. The van der Waals surface area contributed by atoms with Crippen molar-refractivity contribution in [2.45, 2.75) is 12.2 Å². The van der Waals surface area contributed by atoms with Gasteiger partial charge in [0, 0.05) is 18.5 Å². The number of aromatic hydroxyl groups is 1. The van der Waals surface area contributed by atoms with E-state index in [-0.39, 0.29) is 30.3 Å². The smallest absolute Gasteiger partial charge is 0.257 e. The third-order valence-corrected chi connectivity index (χ3v) is 3.68. The van der Waals surface area contributed by atoms with Gasteiger partial charge in [-0.1, -0.05) is 30.3 Å². The average molecular weight is 273 g/mol. The summed E-state index contributed by atoms with van der Waals surface area (Å²) in [7, 11) is 0. The predicted octanol–water partition coefficient (Wildman–Crippen LogP) is 0.723. The van der Waals surface area contributed by atoms with Gasteiger partial charge >= 0.3 is 0 Å². The van der Waals surface area contributed by atoms with Gasteiger partial charge in [0.05, 0.1) is 17.8 Å². The van der Waals surface area contributed by atoms with Crippen LogP contribution in [0.5, 0.6) is 5.75 Å². The third kappa shape index (κ3) is 2.01. The highest BCUT2D eigenvalue weighted by atomic mass is 16.3. The fourth-order valence-corrected chi connectivity index (χ4v) is 2.53. The summed E-state index contributed by atoms with van der Waals surface area (Å²) in [6.07, 6.45) is -1.86. The number of rotatable bonds is 1. The molecule has 1 fully saturated rings. The molecule has 1 heterocycles. The maximum Gasteiger partial charge on any atom is 0.257 e. The van der Waals surface area contributed by atoms with Gasteiger partial charge in [0.1, 0.15) is 5.75 Å². The van der Waals surface area contributed by atoms with E-state index < -0.39 is 12.2 Å². The normalized spacial score (nSPS) is 22.4. The monoisotopic (exact) mass is 273 g/mol. The quantitative estimate of drug-likeness (QED) is 0.715. The Hall–Kier alpha value is -2.11. The number of β-amino-alcohol motifs (C(OH)–C–C–N with tert-alkyl or cyclic N) is 2. The van der Waals surface area contributed by atoms with Crippen molar-refractivity contribution in [1.29, 1.82) is 0 Å². The SMILES string of the molecule is O=C(c1ccc2ccccc2c1O)N1C[C@@H](O)[C@@H](O)C1. The number of hydrogen-bond acceptors (Lipinski definition) is 4. The van der Waals surface area contributed by atoms with Crippen LogP contribution in [0.15, 0.2) is 36.4 Å². The number of phenolic OH excluding ortho intramolecular Hbond substituents is 1. The summed E-state index contributed by atoms with van der Waals surface area (Å²) >= 11 is 0. The van der Waals surface area contributed by atoms with Crippen molar-refractivity contribution in [3.8, 4) is 5.75 Å². The van der Waals surface area contributed by atoms with E-state index in [0.29, 0.717) is 5.39 Å². The van der Waals surface area contributed by atoms with Crippen LogP contribution in [0.4, 0.5) is 0 Å². The van der Waals surface area contributed by atoms with Crippen LogP contribution in [-0.4, -0.2) is 51.4 Å². The first-order chi connectivity index (χ1) is 9.58. The molecule has 0 aromatic heterocycles. The van der Waals surface area contributed by atoms with Gasteiger partial charge in [-0.15, -0.1) is 0 Å². The first kappa shape index (κ1) is 12.9. The van der Waals surface area contributed by atoms with Crippen LogP contribution in [0, 0.1) is 0 Å². The van der Waals surface area contributed by atoms with Crippen molar-refractivity contribution in [1.82, 2.24) is 4.90 Å². The van der Waals surface area contributed by atoms with E-state index in [1.807, 2.05) is 12.1 Å². The van der Waals surface area contributed by atoms with E-state index in [2.05, 4.69) is 0 Å². The van der Waals surface area contributed by atoms with Crippen molar-refractivity contribution >= 4 is 16.7 Å². The van der Waals surface area contributed by atoms with Crippen LogP contribution < -0.4 is 0 Å². The summed E-state index contributed by atoms with van der Waals surface area (Å²) in [5.74, 6) is -0.451. The molecule has 1 aliphatic rings. The molecule has 0 spiro atoms. The van der Waals surface area contributed by atoms with Gasteiger partial charge in [-0.05, 0) is 11.5 Å². The van der Waals surface area contributed by atoms with Crippen molar-refractivity contribution in [3.63, 3.8) is 0 Å². The van der Waals surface area contributed by atoms with Crippen molar-refractivity contribution in [3.05, 3.63) is 42.0 Å². The molecule has 0 radical (unpaired) electrons. The number of hydrogen-bond donors (Lipinski definition) is 3. The molecule has 2 aromatic carbocycles. The van der Waals surface area contributed by atoms with Gasteiger partial charge in [-0.3, -0.25) is 4.79 Å². The van der Waals surface area contributed by atoms with Crippen LogP contribution in [0.1, 0.15) is 10.4 Å². The Bertz CT molecular complexity index is 660. The molecule has 0 aliphatic carbocycles. The van der Waals surface area contributed by atoms with E-state index in [4.69, 9.17) is 0 Å². The molecule has 1 amide bonds. The molecule has 5 nitrogen and oxygen atoms in total. The van der Waals surface area contributed by atoms with Gasteiger partial charge < -0.3 is 20.2 Å². The van der Waals surface area contributed by atoms with Gasteiger partial charge in [0.15, 0.2) is 0 Å². The summed E-state index contributed by atoms with van der Waals surface area (Å²) < 4.78 is 0. The van der Waals surface area contributed by atoms with E-state index in [9.17, 15) is 20.1 Å². The Morgan fingerprint density at radius 1 is 1.05 bits per heavy atom. The van der Waals surface area contributed by atoms with Gasteiger partial charge in [-0.2, -0.15) is 0 Å². The van der Waals surface area contributed by atoms with E-state index in [1.165, 1.54) is 4.90 Å². The van der Waals surface area contributed by atoms with Crippen LogP contribution >= 0.6 is 0 Å². The Balaban J connectivity index is 1.98. The molecule has 2 atom stereocenters. The zero-order valence-corrected chi connectivity index (χ0v) is 10.7. The standard InChI is InChI=1S/C15H15NO4/c17-12-7-16(8-13(12)18)15(20)11-6-5-9-3-1-2-4-10(9)14(11)19/h1-6,12-13,17-19H,7-8H2/t12-,13+. The molecule has 0 unspecified atom stereocenters. The maximum absolute atomic E-state index is 12.3. The summed E-state index contributed by atoms with van der Waals surface area (Å²) in [6, 6.07) is 10.6. The highest BCUT2D eigenvalue weighted by Gasteiger charge is 2.33. The fourth-order valence-electron chi connectivity index (χ4n) is 2.53. The van der Waals surface area contributed by atoms with Crippen molar-refractivity contribution in [2.24, 2.45) is 0 Å². The number of carbonyl (C=O) groups excluding carboxylic acids is 1. The van der Waals surface area contributed by atoms with Crippen LogP contribution in [0.3, 0.4) is 0 Å². The maximum atomic E-state index is 12.3. The van der Waals surface area contributed by atoms with Crippen molar-refractivity contribution < 1.29 is 20.1 Å². The molecule has 3 rings (SSSR count). The molecule has 2 aromatic rings. The van der Waals surface area contributed by atoms with Gasteiger partial charge in [0.2, 0.25) is 0 Å². The minimum atomic E-state index is -0.929. The Labute approximate surface area is 115 Å². The molecular weight excluding hydrogens is 258 g/mol. The summed E-state index contributed by atoms with van der Waals surface area (Å²) in [5, 5.41) is 30.7. The molecule has 5 heteroatoms. The molecule has 0 bridgehead atoms. The van der Waals surface area contributed by atoms with E-state index in [0.717, 1.165) is 5.39 Å². The molecule has 0 saturated carbocycles. The molecule has 1 saturated heterocycles. The number of likely N-dealkylation sites (tertiary alicyclic amines) is 1. The molecule has 3 N–H and O–H groups in total. The van der Waals surface area contributed by atoms with Crippen LogP contribution in [-0.2, 0) is 0 Å². The van der Waals surface area contributed by atoms with Gasteiger partial charge in [-0.25, -0.2) is 0 Å². The number of nitrogens with zero attached hydrogens (tertiary/aromatic N) is 1. The lowest BCUT2D eigenvalue weighted by atomic mass is 10.0. The lowest BCUT2D eigenvalue weighted by molar-refractivity contribution is 0.0572. The average Bonchev–Trinajstić information content (AvgIpc) is 2.79. The second-order valence-electron chi connectivity index (χ2n) is 5.03.